The zero-order valence-electron chi connectivity index (χ0n) is 20.3. The van der Waals surface area contributed by atoms with E-state index in [0.717, 1.165) is 35.5 Å². The van der Waals surface area contributed by atoms with E-state index in [4.69, 9.17) is 0 Å². The number of rotatable bonds is 6. The van der Waals surface area contributed by atoms with Crippen molar-refractivity contribution >= 4 is 5.97 Å². The van der Waals surface area contributed by atoms with E-state index < -0.39 is 5.97 Å². The molecule has 0 bridgehead atoms. The molecule has 1 N–H and O–H groups in total. The van der Waals surface area contributed by atoms with Gasteiger partial charge in [0.05, 0.1) is 6.54 Å². The van der Waals surface area contributed by atoms with Gasteiger partial charge in [0.15, 0.2) is 0 Å². The summed E-state index contributed by atoms with van der Waals surface area (Å²) in [6.45, 7) is 10.4. The van der Waals surface area contributed by atoms with Crippen molar-refractivity contribution in [3.05, 3.63) is 0 Å². The van der Waals surface area contributed by atoms with Gasteiger partial charge in [-0.15, -0.1) is 0 Å². The Labute approximate surface area is 185 Å². The highest BCUT2D eigenvalue weighted by molar-refractivity contribution is 5.69. The van der Waals surface area contributed by atoms with E-state index >= 15 is 0 Å². The van der Waals surface area contributed by atoms with Crippen LogP contribution in [0, 0.1) is 46.3 Å². The van der Waals surface area contributed by atoms with Crippen molar-refractivity contribution in [1.29, 1.82) is 0 Å². The van der Waals surface area contributed by atoms with Crippen LogP contribution in [0.3, 0.4) is 0 Å². The van der Waals surface area contributed by atoms with E-state index in [1.54, 1.807) is 0 Å². The normalized spacial score (nSPS) is 46.7. The second-order valence-corrected chi connectivity index (χ2v) is 12.4. The number of carboxylic acid groups (broad SMARTS) is 1. The SMILES string of the molecule is CCC[C@@H](C)[C@H]1CCC2C3CCC4CC(N(C)CC(=O)O)CC[C@]4(C)C3CC[C@@]21C. The molecule has 5 unspecified atom stereocenters. The predicted molar refractivity (Wildman–Crippen MR) is 123 cm³/mol. The lowest BCUT2D eigenvalue weighted by Gasteiger charge is -2.62. The Bertz CT molecular complexity index is 634. The summed E-state index contributed by atoms with van der Waals surface area (Å²) in [5, 5.41) is 9.22. The molecule has 0 spiro atoms. The highest BCUT2D eigenvalue weighted by Crippen LogP contribution is 2.68. The standard InChI is InChI=1S/C27H47NO2/c1-6-7-18(2)22-10-11-23-21-9-8-19-16-20(28(5)17-25(29)30)12-14-26(19,3)24(21)13-15-27(22,23)4/h18-24H,6-17H2,1-5H3,(H,29,30)/t18-,19?,20?,21?,22-,23?,24?,26+,27-/m1/s1. The molecule has 4 aliphatic rings. The molecule has 4 rings (SSSR count). The van der Waals surface area contributed by atoms with Crippen molar-refractivity contribution in [1.82, 2.24) is 4.90 Å². The number of likely N-dealkylation sites (N-methyl/N-ethyl adjacent to an activating group) is 1. The minimum absolute atomic E-state index is 0.192. The molecule has 0 saturated heterocycles. The summed E-state index contributed by atoms with van der Waals surface area (Å²) >= 11 is 0. The molecule has 4 saturated carbocycles. The van der Waals surface area contributed by atoms with Gasteiger partial charge in [0.25, 0.3) is 0 Å². The molecule has 0 radical (unpaired) electrons. The quantitative estimate of drug-likeness (QED) is 0.538. The summed E-state index contributed by atoms with van der Waals surface area (Å²) < 4.78 is 0. The Hall–Kier alpha value is -0.570. The molecule has 4 aliphatic carbocycles. The number of nitrogens with zero attached hydrogens (tertiary/aromatic N) is 1. The Morgan fingerprint density at radius 1 is 1.03 bits per heavy atom. The molecule has 9 atom stereocenters. The minimum atomic E-state index is -0.686. The van der Waals surface area contributed by atoms with Crippen LogP contribution in [0.25, 0.3) is 0 Å². The number of aliphatic carboxylic acids is 1. The van der Waals surface area contributed by atoms with Gasteiger partial charge in [-0.25, -0.2) is 0 Å². The van der Waals surface area contributed by atoms with Crippen molar-refractivity contribution in [2.75, 3.05) is 13.6 Å². The van der Waals surface area contributed by atoms with Crippen LogP contribution in [0.15, 0.2) is 0 Å². The summed E-state index contributed by atoms with van der Waals surface area (Å²) in [4.78, 5) is 13.3. The zero-order chi connectivity index (χ0) is 21.7. The van der Waals surface area contributed by atoms with E-state index in [2.05, 4.69) is 32.6 Å². The fourth-order valence-corrected chi connectivity index (χ4v) is 9.61. The van der Waals surface area contributed by atoms with E-state index in [1.807, 2.05) is 7.05 Å². The van der Waals surface area contributed by atoms with Crippen molar-refractivity contribution in [3.63, 3.8) is 0 Å². The van der Waals surface area contributed by atoms with E-state index in [0.29, 0.717) is 16.9 Å². The van der Waals surface area contributed by atoms with Crippen LogP contribution in [0.4, 0.5) is 0 Å². The molecular weight excluding hydrogens is 370 g/mol. The van der Waals surface area contributed by atoms with Gasteiger partial charge >= 0.3 is 5.97 Å². The summed E-state index contributed by atoms with van der Waals surface area (Å²) in [6.07, 6.45) is 15.2. The third-order valence-electron chi connectivity index (χ3n) is 11.2. The van der Waals surface area contributed by atoms with E-state index in [1.165, 1.54) is 70.6 Å². The maximum absolute atomic E-state index is 11.2. The largest absolute Gasteiger partial charge is 0.480 e. The second kappa shape index (κ2) is 8.41. The van der Waals surface area contributed by atoms with Gasteiger partial charge in [-0.05, 0) is 111 Å². The number of hydrogen-bond donors (Lipinski definition) is 1. The summed E-state index contributed by atoms with van der Waals surface area (Å²) in [5.74, 6) is 4.80. The molecule has 4 fully saturated rings. The lowest BCUT2D eigenvalue weighted by atomic mass is 9.44. The summed E-state index contributed by atoms with van der Waals surface area (Å²) in [6, 6.07) is 0.468. The number of hydrogen-bond acceptors (Lipinski definition) is 2. The van der Waals surface area contributed by atoms with Crippen molar-refractivity contribution in [2.45, 2.75) is 104 Å². The van der Waals surface area contributed by atoms with Crippen LogP contribution in [0.1, 0.15) is 98.3 Å². The maximum atomic E-state index is 11.2. The Morgan fingerprint density at radius 3 is 2.43 bits per heavy atom. The fraction of sp³-hybridized carbons (Fsp3) is 0.963. The lowest BCUT2D eigenvalue weighted by Crippen LogP contribution is -2.55. The predicted octanol–water partition coefficient (Wildman–Crippen LogP) is 6.47. The first-order valence-corrected chi connectivity index (χ1v) is 13.1. The van der Waals surface area contributed by atoms with Gasteiger partial charge in [0, 0.05) is 6.04 Å². The number of carboxylic acids is 1. The average Bonchev–Trinajstić information content (AvgIpc) is 3.04. The maximum Gasteiger partial charge on any atom is 0.317 e. The Morgan fingerprint density at radius 2 is 1.73 bits per heavy atom. The molecule has 30 heavy (non-hydrogen) atoms. The monoisotopic (exact) mass is 417 g/mol. The van der Waals surface area contributed by atoms with Crippen LogP contribution in [-0.2, 0) is 4.79 Å². The van der Waals surface area contributed by atoms with Gasteiger partial charge in [-0.3, -0.25) is 9.69 Å². The zero-order valence-corrected chi connectivity index (χ0v) is 20.3. The first-order valence-electron chi connectivity index (χ1n) is 13.1. The molecule has 172 valence electrons. The molecular formula is C27H47NO2. The number of fused-ring (bicyclic) bond motifs is 5. The minimum Gasteiger partial charge on any atom is -0.480 e. The van der Waals surface area contributed by atoms with Gasteiger partial charge in [0.1, 0.15) is 0 Å². The molecule has 0 aromatic rings. The smallest absolute Gasteiger partial charge is 0.317 e. The Balaban J connectivity index is 1.48. The average molecular weight is 418 g/mol. The second-order valence-electron chi connectivity index (χ2n) is 12.4. The third-order valence-corrected chi connectivity index (χ3v) is 11.2. The number of carbonyl (C=O) groups is 1. The van der Waals surface area contributed by atoms with Gasteiger partial charge < -0.3 is 5.11 Å². The van der Waals surface area contributed by atoms with Crippen molar-refractivity contribution in [2.24, 2.45) is 46.3 Å². The van der Waals surface area contributed by atoms with Crippen LogP contribution in [0.5, 0.6) is 0 Å². The first-order chi connectivity index (χ1) is 14.2. The van der Waals surface area contributed by atoms with Crippen molar-refractivity contribution in [3.8, 4) is 0 Å². The summed E-state index contributed by atoms with van der Waals surface area (Å²) in [5.41, 5.74) is 1.09. The third kappa shape index (κ3) is 3.65. The van der Waals surface area contributed by atoms with Crippen LogP contribution in [0.2, 0.25) is 0 Å². The van der Waals surface area contributed by atoms with E-state index in [-0.39, 0.29) is 6.54 Å². The van der Waals surface area contributed by atoms with Gasteiger partial charge in [-0.1, -0.05) is 40.5 Å². The van der Waals surface area contributed by atoms with Crippen molar-refractivity contribution < 1.29 is 9.90 Å². The van der Waals surface area contributed by atoms with E-state index in [9.17, 15) is 9.90 Å². The molecule has 0 aromatic heterocycles. The Kier molecular flexibility index (Phi) is 6.34. The highest BCUT2D eigenvalue weighted by Gasteiger charge is 2.60. The topological polar surface area (TPSA) is 40.5 Å². The first kappa shape index (κ1) is 22.6. The molecule has 3 heteroatoms. The fourth-order valence-electron chi connectivity index (χ4n) is 9.61. The molecule has 0 amide bonds. The summed E-state index contributed by atoms with van der Waals surface area (Å²) in [7, 11) is 2.02. The lowest BCUT2D eigenvalue weighted by molar-refractivity contribution is -0.141. The molecule has 3 nitrogen and oxygen atoms in total. The van der Waals surface area contributed by atoms with Crippen LogP contribution in [-0.4, -0.2) is 35.6 Å². The molecule has 0 aliphatic heterocycles. The van der Waals surface area contributed by atoms with Gasteiger partial charge in [-0.2, -0.15) is 0 Å². The highest BCUT2D eigenvalue weighted by atomic mass is 16.4. The van der Waals surface area contributed by atoms with Crippen LogP contribution >= 0.6 is 0 Å². The van der Waals surface area contributed by atoms with Gasteiger partial charge in [0.2, 0.25) is 0 Å². The molecule has 0 heterocycles. The van der Waals surface area contributed by atoms with Crippen LogP contribution < -0.4 is 0 Å². The molecule has 0 aromatic carbocycles.